The summed E-state index contributed by atoms with van der Waals surface area (Å²) in [5.74, 6) is -1.50. The number of carboxylic acids is 1. The highest BCUT2D eigenvalue weighted by Gasteiger charge is 2.38. The number of benzene rings is 1. The maximum atomic E-state index is 12.6. The number of halogens is 3. The van der Waals surface area contributed by atoms with E-state index >= 15 is 0 Å². The Labute approximate surface area is 210 Å². The van der Waals surface area contributed by atoms with Crippen LogP contribution in [0.25, 0.3) is 17.0 Å². The second kappa shape index (κ2) is 11.1. The Morgan fingerprint density at radius 3 is 2.62 bits per heavy atom. The van der Waals surface area contributed by atoms with E-state index in [0.717, 1.165) is 33.4 Å². The topological polar surface area (TPSA) is 125 Å². The molecule has 1 atom stereocenters. The monoisotopic (exact) mass is 518 g/mol. The predicted octanol–water partition coefficient (Wildman–Crippen LogP) is 3.87. The predicted molar refractivity (Wildman–Crippen MR) is 129 cm³/mol. The van der Waals surface area contributed by atoms with Crippen LogP contribution in [0.3, 0.4) is 0 Å². The van der Waals surface area contributed by atoms with Crippen molar-refractivity contribution in [3.05, 3.63) is 65.1 Å². The third-order valence-electron chi connectivity index (χ3n) is 5.55. The standard InChI is InChI=1S/C23H24N4O3.C2HF3O2/c1-14-18-6-4-5-7-19(18)30-20(14)13-27(3)21(28)9-8-16-10-17-12-25-23(29)15(2)26-22(17)24-11-16;3-2(4,5)1(6)7/h4-11,15H,12-13H2,1-3H3,(H,24,26)(H,25,29);(H,6,7)/t15-;/m0./s1. The fourth-order valence-corrected chi connectivity index (χ4v) is 3.45. The summed E-state index contributed by atoms with van der Waals surface area (Å²) in [5.41, 5.74) is 3.55. The third-order valence-corrected chi connectivity index (χ3v) is 5.55. The van der Waals surface area contributed by atoms with Gasteiger partial charge in [0.05, 0.1) is 6.54 Å². The lowest BCUT2D eigenvalue weighted by molar-refractivity contribution is -0.192. The Hall–Kier alpha value is -4.35. The number of pyridine rings is 1. The average molecular weight is 518 g/mol. The first-order chi connectivity index (χ1) is 17.4. The summed E-state index contributed by atoms with van der Waals surface area (Å²) in [6.45, 7) is 4.59. The number of carbonyl (C=O) groups excluding carboxylic acids is 2. The van der Waals surface area contributed by atoms with Crippen molar-refractivity contribution in [3.63, 3.8) is 0 Å². The van der Waals surface area contributed by atoms with E-state index in [2.05, 4.69) is 15.6 Å². The number of para-hydroxylation sites is 1. The van der Waals surface area contributed by atoms with Crippen LogP contribution >= 0.6 is 0 Å². The van der Waals surface area contributed by atoms with Crippen molar-refractivity contribution in [2.45, 2.75) is 39.2 Å². The molecular formula is C25H25F3N4O5. The summed E-state index contributed by atoms with van der Waals surface area (Å²) in [5, 5.41) is 14.1. The van der Waals surface area contributed by atoms with Gasteiger partial charge in [-0.25, -0.2) is 9.78 Å². The molecule has 0 saturated heterocycles. The number of likely N-dealkylation sites (N-methyl/N-ethyl adjacent to an activating group) is 1. The summed E-state index contributed by atoms with van der Waals surface area (Å²) < 4.78 is 37.6. The minimum Gasteiger partial charge on any atom is -0.475 e. The molecule has 12 heteroatoms. The number of alkyl halides is 3. The van der Waals surface area contributed by atoms with Crippen molar-refractivity contribution in [2.24, 2.45) is 0 Å². The minimum absolute atomic E-state index is 0.0669. The molecule has 2 amide bonds. The summed E-state index contributed by atoms with van der Waals surface area (Å²) in [7, 11) is 1.75. The van der Waals surface area contributed by atoms with E-state index < -0.39 is 12.1 Å². The number of aryl methyl sites for hydroxylation is 1. The number of carbonyl (C=O) groups is 3. The van der Waals surface area contributed by atoms with Crippen LogP contribution in [0.1, 0.15) is 29.4 Å². The molecule has 0 fully saturated rings. The quantitative estimate of drug-likeness (QED) is 0.448. The highest BCUT2D eigenvalue weighted by atomic mass is 19.4. The number of hydrogen-bond donors (Lipinski definition) is 3. The van der Waals surface area contributed by atoms with Gasteiger partial charge in [-0.3, -0.25) is 9.59 Å². The van der Waals surface area contributed by atoms with Gasteiger partial charge in [-0.15, -0.1) is 0 Å². The van der Waals surface area contributed by atoms with Gasteiger partial charge in [0, 0.05) is 42.4 Å². The van der Waals surface area contributed by atoms with Crippen LogP contribution in [0.5, 0.6) is 0 Å². The third kappa shape index (κ3) is 6.87. The number of hydrogen-bond acceptors (Lipinski definition) is 6. The maximum Gasteiger partial charge on any atom is 0.490 e. The summed E-state index contributed by atoms with van der Waals surface area (Å²) >= 11 is 0. The molecule has 0 saturated carbocycles. The molecule has 1 aromatic carbocycles. The van der Waals surface area contributed by atoms with Crippen LogP contribution in [0.2, 0.25) is 0 Å². The first-order valence-corrected chi connectivity index (χ1v) is 11.1. The molecule has 3 heterocycles. The molecule has 3 N–H and O–H groups in total. The van der Waals surface area contributed by atoms with Gasteiger partial charge in [0.2, 0.25) is 11.8 Å². The Morgan fingerprint density at radius 1 is 1.30 bits per heavy atom. The second-order valence-electron chi connectivity index (χ2n) is 8.34. The zero-order chi connectivity index (χ0) is 27.3. The lowest BCUT2D eigenvalue weighted by atomic mass is 10.1. The number of nitrogens with zero attached hydrogens (tertiary/aromatic N) is 2. The molecule has 0 spiro atoms. The molecule has 1 aliphatic heterocycles. The van der Waals surface area contributed by atoms with Gasteiger partial charge in [-0.1, -0.05) is 18.2 Å². The van der Waals surface area contributed by atoms with E-state index in [0.29, 0.717) is 18.9 Å². The molecule has 37 heavy (non-hydrogen) atoms. The fourth-order valence-electron chi connectivity index (χ4n) is 3.45. The van der Waals surface area contributed by atoms with E-state index in [9.17, 15) is 22.8 Å². The first kappa shape index (κ1) is 27.2. The number of aliphatic carboxylic acids is 1. The van der Waals surface area contributed by atoms with Crippen LogP contribution in [0.4, 0.5) is 19.0 Å². The molecule has 4 rings (SSSR count). The van der Waals surface area contributed by atoms with Crippen LogP contribution in [-0.2, 0) is 27.5 Å². The van der Waals surface area contributed by atoms with Gasteiger partial charge in [-0.05, 0) is 37.6 Å². The molecule has 0 radical (unpaired) electrons. The minimum atomic E-state index is -5.08. The van der Waals surface area contributed by atoms with E-state index in [1.807, 2.05) is 37.3 Å². The van der Waals surface area contributed by atoms with Gasteiger partial charge in [0.1, 0.15) is 23.2 Å². The number of carboxylic acid groups (broad SMARTS) is 1. The average Bonchev–Trinajstić information content (AvgIpc) is 3.08. The van der Waals surface area contributed by atoms with Gasteiger partial charge >= 0.3 is 12.1 Å². The van der Waals surface area contributed by atoms with Gasteiger partial charge in [-0.2, -0.15) is 13.2 Å². The Balaban J connectivity index is 0.000000479. The summed E-state index contributed by atoms with van der Waals surface area (Å²) in [6, 6.07) is 9.43. The number of aromatic nitrogens is 1. The molecule has 0 bridgehead atoms. The molecule has 0 unspecified atom stereocenters. The zero-order valence-corrected chi connectivity index (χ0v) is 20.2. The molecule has 196 valence electrons. The maximum absolute atomic E-state index is 12.6. The van der Waals surface area contributed by atoms with Gasteiger partial charge in [0.15, 0.2) is 0 Å². The van der Waals surface area contributed by atoms with E-state index in [1.165, 1.54) is 6.08 Å². The molecular weight excluding hydrogens is 493 g/mol. The lowest BCUT2D eigenvalue weighted by Gasteiger charge is -2.14. The molecule has 3 aromatic rings. The summed E-state index contributed by atoms with van der Waals surface area (Å²) in [6.07, 6.45) is -0.151. The van der Waals surface area contributed by atoms with E-state index in [1.54, 1.807) is 31.1 Å². The van der Waals surface area contributed by atoms with Crippen molar-refractivity contribution in [2.75, 3.05) is 12.4 Å². The zero-order valence-electron chi connectivity index (χ0n) is 20.2. The molecule has 9 nitrogen and oxygen atoms in total. The highest BCUT2D eigenvalue weighted by molar-refractivity contribution is 5.92. The first-order valence-electron chi connectivity index (χ1n) is 11.1. The number of fused-ring (bicyclic) bond motifs is 2. The van der Waals surface area contributed by atoms with Crippen LogP contribution < -0.4 is 10.6 Å². The SMILES string of the molecule is Cc1c(CN(C)C(=O)C=Cc2cnc3c(c2)CNC(=O)[C@H](C)N3)oc2ccccc12.O=C(O)C(F)(F)F. The van der Waals surface area contributed by atoms with Crippen molar-refractivity contribution < 1.29 is 37.1 Å². The van der Waals surface area contributed by atoms with Crippen LogP contribution in [0.15, 0.2) is 47.0 Å². The van der Waals surface area contributed by atoms with Crippen molar-refractivity contribution >= 4 is 40.6 Å². The van der Waals surface area contributed by atoms with Crippen molar-refractivity contribution in [3.8, 4) is 0 Å². The summed E-state index contributed by atoms with van der Waals surface area (Å²) in [4.78, 5) is 39.3. The van der Waals surface area contributed by atoms with Crippen LogP contribution in [-0.4, -0.2) is 52.0 Å². The van der Waals surface area contributed by atoms with E-state index in [-0.39, 0.29) is 17.9 Å². The normalized spacial score (nSPS) is 15.2. The van der Waals surface area contributed by atoms with Gasteiger partial charge < -0.3 is 25.1 Å². The Bertz CT molecular complexity index is 1350. The highest BCUT2D eigenvalue weighted by Crippen LogP contribution is 2.26. The van der Waals surface area contributed by atoms with Gasteiger partial charge in [0.25, 0.3) is 0 Å². The number of furan rings is 1. The van der Waals surface area contributed by atoms with Crippen molar-refractivity contribution in [1.82, 2.24) is 15.2 Å². The Morgan fingerprint density at radius 2 is 1.97 bits per heavy atom. The Kier molecular flexibility index (Phi) is 8.21. The fraction of sp³-hybridized carbons (Fsp3) is 0.280. The van der Waals surface area contributed by atoms with Crippen LogP contribution in [0, 0.1) is 6.92 Å². The second-order valence-corrected chi connectivity index (χ2v) is 8.34. The number of anilines is 1. The molecule has 2 aromatic heterocycles. The molecule has 0 aliphatic carbocycles. The lowest BCUT2D eigenvalue weighted by Crippen LogP contribution is -2.34. The smallest absolute Gasteiger partial charge is 0.475 e. The van der Waals surface area contributed by atoms with E-state index in [4.69, 9.17) is 14.3 Å². The largest absolute Gasteiger partial charge is 0.490 e. The van der Waals surface area contributed by atoms with Crippen molar-refractivity contribution in [1.29, 1.82) is 0 Å². The number of nitrogens with one attached hydrogen (secondary N) is 2. The number of rotatable bonds is 4. The number of amides is 2. The molecule has 1 aliphatic rings.